The molecule has 0 bridgehead atoms. The highest BCUT2D eigenvalue weighted by Crippen LogP contribution is 2.30. The summed E-state index contributed by atoms with van der Waals surface area (Å²) in [5.41, 5.74) is 4.14. The summed E-state index contributed by atoms with van der Waals surface area (Å²) >= 11 is 0. The van der Waals surface area contributed by atoms with Crippen molar-refractivity contribution < 1.29 is 15.0 Å². The molecular weight excluding hydrogens is 366 g/mol. The average molecular weight is 391 g/mol. The quantitative estimate of drug-likeness (QED) is 0.730. The smallest absolute Gasteiger partial charge is 0.273 e. The molecule has 2 aromatic carbocycles. The topological polar surface area (TPSA) is 85.2 Å². The standard InChI is InChI=1S/C23H25N3O3/c1-14-11-26(12-14)13-16-4-6-19(22(28)7-16)17-8-20(24-10-17)23(29)25-18-5-3-15(2)21(27)9-18/h3-9,14,27-28H,10-13H2,1-2H3,(H,25,29). The number of hydrogen-bond donors (Lipinski definition) is 3. The maximum atomic E-state index is 12.5. The highest BCUT2D eigenvalue weighted by molar-refractivity contribution is 6.49. The zero-order chi connectivity index (χ0) is 20.5. The van der Waals surface area contributed by atoms with Crippen LogP contribution in [0.1, 0.15) is 23.6 Å². The fraction of sp³-hybridized carbons (Fsp3) is 0.304. The van der Waals surface area contributed by atoms with E-state index in [4.69, 9.17) is 0 Å². The first-order valence-corrected chi connectivity index (χ1v) is 9.79. The number of amides is 1. The van der Waals surface area contributed by atoms with Gasteiger partial charge < -0.3 is 15.5 Å². The fourth-order valence-corrected chi connectivity index (χ4v) is 3.77. The second kappa shape index (κ2) is 7.72. The third-order valence-corrected chi connectivity index (χ3v) is 5.38. The summed E-state index contributed by atoms with van der Waals surface area (Å²) in [6.07, 6.45) is 1.70. The number of phenolic OH excluding ortho intramolecular Hbond substituents is 2. The minimum atomic E-state index is -0.341. The lowest BCUT2D eigenvalue weighted by molar-refractivity contribution is -0.110. The Kier molecular flexibility index (Phi) is 5.11. The van der Waals surface area contributed by atoms with Gasteiger partial charge in [0.1, 0.15) is 17.2 Å². The van der Waals surface area contributed by atoms with Crippen molar-refractivity contribution in [1.82, 2.24) is 4.90 Å². The SMILES string of the molecule is Cc1ccc(NC(=O)C2=NCC(c3ccc(CN4CC(C)C4)cc3O)=C2)cc1O. The third kappa shape index (κ3) is 4.17. The van der Waals surface area contributed by atoms with E-state index in [9.17, 15) is 15.0 Å². The molecule has 150 valence electrons. The molecule has 2 aromatic rings. The van der Waals surface area contributed by atoms with Gasteiger partial charge in [0.2, 0.25) is 0 Å². The Morgan fingerprint density at radius 2 is 1.97 bits per heavy atom. The van der Waals surface area contributed by atoms with Crippen molar-refractivity contribution in [2.45, 2.75) is 20.4 Å². The van der Waals surface area contributed by atoms with Crippen molar-refractivity contribution >= 4 is 22.9 Å². The van der Waals surface area contributed by atoms with Crippen molar-refractivity contribution in [3.8, 4) is 11.5 Å². The monoisotopic (exact) mass is 391 g/mol. The molecule has 2 heterocycles. The van der Waals surface area contributed by atoms with Crippen LogP contribution in [0.5, 0.6) is 11.5 Å². The Balaban J connectivity index is 1.43. The van der Waals surface area contributed by atoms with Crippen LogP contribution >= 0.6 is 0 Å². The van der Waals surface area contributed by atoms with Gasteiger partial charge in [-0.05, 0) is 47.8 Å². The van der Waals surface area contributed by atoms with Crippen LogP contribution in [-0.2, 0) is 11.3 Å². The fourth-order valence-electron chi connectivity index (χ4n) is 3.77. The minimum Gasteiger partial charge on any atom is -0.508 e. The summed E-state index contributed by atoms with van der Waals surface area (Å²) < 4.78 is 0. The first kappa shape index (κ1) is 19.2. The predicted octanol–water partition coefficient (Wildman–Crippen LogP) is 3.33. The number of aryl methyl sites for hydroxylation is 1. The van der Waals surface area contributed by atoms with Crippen LogP contribution in [-0.4, -0.2) is 46.4 Å². The summed E-state index contributed by atoms with van der Waals surface area (Å²) in [6.45, 7) is 7.40. The van der Waals surface area contributed by atoms with Crippen molar-refractivity contribution in [2.75, 3.05) is 25.0 Å². The van der Waals surface area contributed by atoms with E-state index in [0.29, 0.717) is 23.5 Å². The largest absolute Gasteiger partial charge is 0.508 e. The maximum Gasteiger partial charge on any atom is 0.273 e. The molecule has 0 radical (unpaired) electrons. The molecule has 1 amide bonds. The highest BCUT2D eigenvalue weighted by Gasteiger charge is 2.23. The molecule has 1 saturated heterocycles. The van der Waals surface area contributed by atoms with Crippen molar-refractivity contribution in [3.05, 3.63) is 59.2 Å². The van der Waals surface area contributed by atoms with E-state index in [1.165, 1.54) is 6.07 Å². The molecule has 0 aliphatic carbocycles. The molecule has 4 rings (SSSR count). The molecule has 29 heavy (non-hydrogen) atoms. The molecule has 0 aromatic heterocycles. The predicted molar refractivity (Wildman–Crippen MR) is 114 cm³/mol. The average Bonchev–Trinajstić information content (AvgIpc) is 3.14. The number of hydrogen-bond acceptors (Lipinski definition) is 5. The zero-order valence-electron chi connectivity index (χ0n) is 16.6. The second-order valence-corrected chi connectivity index (χ2v) is 7.98. The Morgan fingerprint density at radius 3 is 2.66 bits per heavy atom. The van der Waals surface area contributed by atoms with Crippen LogP contribution in [0.15, 0.2) is 47.5 Å². The Labute approximate surface area is 170 Å². The summed E-state index contributed by atoms with van der Waals surface area (Å²) in [4.78, 5) is 19.1. The van der Waals surface area contributed by atoms with Gasteiger partial charge in [0, 0.05) is 37.0 Å². The first-order valence-electron chi connectivity index (χ1n) is 9.79. The minimum absolute atomic E-state index is 0.130. The molecule has 1 fully saturated rings. The molecule has 2 aliphatic rings. The molecule has 3 N–H and O–H groups in total. The van der Waals surface area contributed by atoms with E-state index >= 15 is 0 Å². The van der Waals surface area contributed by atoms with E-state index in [0.717, 1.165) is 42.3 Å². The van der Waals surface area contributed by atoms with E-state index in [2.05, 4.69) is 22.1 Å². The van der Waals surface area contributed by atoms with Crippen LogP contribution in [0.3, 0.4) is 0 Å². The third-order valence-electron chi connectivity index (χ3n) is 5.38. The summed E-state index contributed by atoms with van der Waals surface area (Å²) in [5, 5.41) is 23.0. The number of rotatable bonds is 5. The van der Waals surface area contributed by atoms with E-state index < -0.39 is 0 Å². The molecule has 0 atom stereocenters. The molecule has 2 aliphatic heterocycles. The normalized spacial score (nSPS) is 16.9. The van der Waals surface area contributed by atoms with Gasteiger partial charge in [-0.25, -0.2) is 0 Å². The van der Waals surface area contributed by atoms with Crippen molar-refractivity contribution in [2.24, 2.45) is 10.9 Å². The van der Waals surface area contributed by atoms with Crippen LogP contribution in [0.4, 0.5) is 5.69 Å². The van der Waals surface area contributed by atoms with Gasteiger partial charge >= 0.3 is 0 Å². The Bertz CT molecular complexity index is 1020. The van der Waals surface area contributed by atoms with Crippen LogP contribution in [0.2, 0.25) is 0 Å². The number of aromatic hydroxyl groups is 2. The number of nitrogens with one attached hydrogen (secondary N) is 1. The number of benzene rings is 2. The number of nitrogens with zero attached hydrogens (tertiary/aromatic N) is 2. The first-order chi connectivity index (χ1) is 13.9. The number of phenols is 2. The molecular formula is C23H25N3O3. The van der Waals surface area contributed by atoms with Gasteiger partial charge in [0.05, 0.1) is 6.54 Å². The van der Waals surface area contributed by atoms with Gasteiger partial charge in [0.15, 0.2) is 0 Å². The lowest BCUT2D eigenvalue weighted by Crippen LogP contribution is -2.44. The summed E-state index contributed by atoms with van der Waals surface area (Å²) in [7, 11) is 0. The number of likely N-dealkylation sites (tertiary alicyclic amines) is 1. The Hall–Kier alpha value is -3.12. The van der Waals surface area contributed by atoms with E-state index in [1.54, 1.807) is 31.2 Å². The Morgan fingerprint density at radius 1 is 1.17 bits per heavy atom. The highest BCUT2D eigenvalue weighted by atomic mass is 16.3. The number of carbonyl (C=O) groups excluding carboxylic acids is 1. The molecule has 6 heteroatoms. The number of aliphatic imine (C=N–C) groups is 1. The van der Waals surface area contributed by atoms with Crippen LogP contribution < -0.4 is 5.32 Å². The van der Waals surface area contributed by atoms with Crippen molar-refractivity contribution in [1.29, 1.82) is 0 Å². The molecule has 6 nitrogen and oxygen atoms in total. The van der Waals surface area contributed by atoms with Gasteiger partial charge in [0.25, 0.3) is 5.91 Å². The van der Waals surface area contributed by atoms with Crippen LogP contribution in [0.25, 0.3) is 5.57 Å². The van der Waals surface area contributed by atoms with Crippen LogP contribution in [0, 0.1) is 12.8 Å². The van der Waals surface area contributed by atoms with Crippen molar-refractivity contribution in [3.63, 3.8) is 0 Å². The number of anilines is 1. The van der Waals surface area contributed by atoms with Gasteiger partial charge in [-0.3, -0.25) is 14.7 Å². The second-order valence-electron chi connectivity index (χ2n) is 7.98. The molecule has 0 spiro atoms. The summed E-state index contributed by atoms with van der Waals surface area (Å²) in [5.74, 6) is 0.746. The number of carbonyl (C=O) groups is 1. The van der Waals surface area contributed by atoms with Gasteiger partial charge in [-0.1, -0.05) is 25.1 Å². The maximum absolute atomic E-state index is 12.5. The zero-order valence-corrected chi connectivity index (χ0v) is 16.6. The molecule has 0 saturated carbocycles. The lowest BCUT2D eigenvalue weighted by atomic mass is 9.99. The molecule has 0 unspecified atom stereocenters. The van der Waals surface area contributed by atoms with Gasteiger partial charge in [-0.2, -0.15) is 0 Å². The van der Waals surface area contributed by atoms with Gasteiger partial charge in [-0.15, -0.1) is 0 Å². The summed E-state index contributed by atoms with van der Waals surface area (Å²) in [6, 6.07) is 10.7. The lowest BCUT2D eigenvalue weighted by Gasteiger charge is -2.37. The van der Waals surface area contributed by atoms with E-state index in [-0.39, 0.29) is 17.4 Å². The van der Waals surface area contributed by atoms with E-state index in [1.807, 2.05) is 12.1 Å².